The summed E-state index contributed by atoms with van der Waals surface area (Å²) in [6.07, 6.45) is 0.926. The van der Waals surface area contributed by atoms with E-state index in [1.165, 1.54) is 0 Å². The van der Waals surface area contributed by atoms with Crippen LogP contribution in [0.1, 0.15) is 20.3 Å². The lowest BCUT2D eigenvalue weighted by Gasteiger charge is -2.12. The average molecular weight is 259 g/mol. The molecule has 0 heterocycles. The second-order valence-corrected chi connectivity index (χ2v) is 3.62. The van der Waals surface area contributed by atoms with Crippen LogP contribution in [-0.2, 0) is 4.79 Å². The molecule has 0 aliphatic carbocycles. The third-order valence-electron chi connectivity index (χ3n) is 2.02. The maximum atomic E-state index is 11.4. The zero-order valence-corrected chi connectivity index (χ0v) is 10.9. The number of benzene rings is 1. The smallest absolute Gasteiger partial charge is 0.241 e. The monoisotopic (exact) mass is 258 g/mol. The summed E-state index contributed by atoms with van der Waals surface area (Å²) in [6, 6.07) is 6.80. The van der Waals surface area contributed by atoms with Crippen LogP contribution in [0, 0.1) is 0 Å². The normalized spacial score (nSPS) is 11.2. The van der Waals surface area contributed by atoms with Gasteiger partial charge in [-0.2, -0.15) is 0 Å². The van der Waals surface area contributed by atoms with E-state index >= 15 is 0 Å². The van der Waals surface area contributed by atoms with Crippen LogP contribution in [0.15, 0.2) is 24.3 Å². The Labute approximate surface area is 108 Å². The van der Waals surface area contributed by atoms with Gasteiger partial charge in [-0.15, -0.1) is 12.4 Å². The van der Waals surface area contributed by atoms with E-state index in [4.69, 9.17) is 10.5 Å². The molecule has 0 saturated carbocycles. The van der Waals surface area contributed by atoms with Gasteiger partial charge in [0, 0.05) is 0 Å². The lowest BCUT2D eigenvalue weighted by Crippen LogP contribution is -2.32. The van der Waals surface area contributed by atoms with Crippen LogP contribution in [0.3, 0.4) is 0 Å². The Hall–Kier alpha value is -1.26. The van der Waals surface area contributed by atoms with Gasteiger partial charge in [-0.3, -0.25) is 4.79 Å². The number of carbonyl (C=O) groups excluding carboxylic acids is 1. The molecule has 0 spiro atoms. The molecule has 3 N–H and O–H groups in total. The van der Waals surface area contributed by atoms with E-state index < -0.39 is 6.04 Å². The second-order valence-electron chi connectivity index (χ2n) is 3.62. The molecule has 5 heteroatoms. The average Bonchev–Trinajstić information content (AvgIpc) is 2.27. The number of hydrogen-bond donors (Lipinski definition) is 2. The van der Waals surface area contributed by atoms with Gasteiger partial charge in [0.15, 0.2) is 0 Å². The van der Waals surface area contributed by atoms with Crippen molar-refractivity contribution in [2.24, 2.45) is 5.73 Å². The van der Waals surface area contributed by atoms with Gasteiger partial charge in [0.1, 0.15) is 5.75 Å². The Balaban J connectivity index is 0.00000256. The van der Waals surface area contributed by atoms with Gasteiger partial charge in [0.05, 0.1) is 18.3 Å². The lowest BCUT2D eigenvalue weighted by molar-refractivity contribution is -0.117. The number of halogens is 1. The summed E-state index contributed by atoms with van der Waals surface area (Å²) in [4.78, 5) is 11.4. The summed E-state index contributed by atoms with van der Waals surface area (Å²) < 4.78 is 5.51. The Kier molecular flexibility index (Phi) is 7.34. The van der Waals surface area contributed by atoms with Crippen molar-refractivity contribution in [1.82, 2.24) is 0 Å². The first-order valence-corrected chi connectivity index (χ1v) is 5.43. The molecule has 0 unspecified atom stereocenters. The molecule has 96 valence electrons. The maximum absolute atomic E-state index is 11.4. The van der Waals surface area contributed by atoms with Crippen molar-refractivity contribution in [2.45, 2.75) is 26.3 Å². The van der Waals surface area contributed by atoms with E-state index in [2.05, 4.69) is 5.32 Å². The van der Waals surface area contributed by atoms with Crippen LogP contribution < -0.4 is 15.8 Å². The number of nitrogens with two attached hydrogens (primary N) is 1. The molecule has 0 bridgehead atoms. The molecule has 0 aliphatic rings. The molecule has 0 saturated heterocycles. The number of nitrogens with one attached hydrogen (secondary N) is 1. The van der Waals surface area contributed by atoms with E-state index in [1.807, 2.05) is 25.1 Å². The zero-order chi connectivity index (χ0) is 12.0. The third kappa shape index (κ3) is 5.06. The fraction of sp³-hybridized carbons (Fsp3) is 0.417. The van der Waals surface area contributed by atoms with E-state index in [-0.39, 0.29) is 18.3 Å². The Bertz CT molecular complexity index is 356. The minimum Gasteiger partial charge on any atom is -0.491 e. The standard InChI is InChI=1S/C12H18N2O2.ClH/c1-3-8-16-11-7-5-4-6-10(11)14-12(15)9(2)13;/h4-7,9H,3,8,13H2,1-2H3,(H,14,15);1H/t9-;/m0./s1. The molecule has 1 amide bonds. The minimum absolute atomic E-state index is 0. The van der Waals surface area contributed by atoms with Crippen LogP contribution in [0.4, 0.5) is 5.69 Å². The summed E-state index contributed by atoms with van der Waals surface area (Å²) in [5, 5.41) is 2.73. The predicted molar refractivity (Wildman–Crippen MR) is 71.8 cm³/mol. The highest BCUT2D eigenvalue weighted by Gasteiger charge is 2.10. The highest BCUT2D eigenvalue weighted by Crippen LogP contribution is 2.23. The molecule has 0 fully saturated rings. The van der Waals surface area contributed by atoms with Gasteiger partial charge in [-0.1, -0.05) is 19.1 Å². The number of para-hydroxylation sites is 2. The van der Waals surface area contributed by atoms with Crippen LogP contribution in [0.25, 0.3) is 0 Å². The van der Waals surface area contributed by atoms with Crippen LogP contribution in [-0.4, -0.2) is 18.6 Å². The molecule has 17 heavy (non-hydrogen) atoms. The van der Waals surface area contributed by atoms with Crippen molar-refractivity contribution in [2.75, 3.05) is 11.9 Å². The van der Waals surface area contributed by atoms with Gasteiger partial charge in [0.25, 0.3) is 0 Å². The van der Waals surface area contributed by atoms with Crippen LogP contribution in [0.2, 0.25) is 0 Å². The van der Waals surface area contributed by atoms with E-state index in [0.717, 1.165) is 6.42 Å². The summed E-state index contributed by atoms with van der Waals surface area (Å²) in [7, 11) is 0. The minimum atomic E-state index is -0.528. The van der Waals surface area contributed by atoms with Crippen molar-refractivity contribution < 1.29 is 9.53 Å². The fourth-order valence-corrected chi connectivity index (χ4v) is 1.15. The number of amides is 1. The summed E-state index contributed by atoms with van der Waals surface area (Å²) in [6.45, 7) is 4.30. The highest BCUT2D eigenvalue weighted by atomic mass is 35.5. The molecule has 0 aliphatic heterocycles. The highest BCUT2D eigenvalue weighted by molar-refractivity contribution is 5.95. The molecular formula is C12H19ClN2O2. The van der Waals surface area contributed by atoms with E-state index in [0.29, 0.717) is 18.0 Å². The SMILES string of the molecule is CCCOc1ccccc1NC(=O)[C@H](C)N.Cl. The first kappa shape index (κ1) is 15.7. The summed E-state index contributed by atoms with van der Waals surface area (Å²) in [5.41, 5.74) is 6.15. The van der Waals surface area contributed by atoms with Gasteiger partial charge in [0.2, 0.25) is 5.91 Å². The van der Waals surface area contributed by atoms with E-state index in [1.54, 1.807) is 13.0 Å². The van der Waals surface area contributed by atoms with Crippen molar-refractivity contribution in [3.63, 3.8) is 0 Å². The maximum Gasteiger partial charge on any atom is 0.241 e. The number of rotatable bonds is 5. The number of anilines is 1. The molecule has 1 aromatic carbocycles. The molecule has 1 aromatic rings. The third-order valence-corrected chi connectivity index (χ3v) is 2.02. The number of hydrogen-bond acceptors (Lipinski definition) is 3. The molecule has 1 atom stereocenters. The van der Waals surface area contributed by atoms with Crippen molar-refractivity contribution in [3.05, 3.63) is 24.3 Å². The molecule has 0 aromatic heterocycles. The van der Waals surface area contributed by atoms with Crippen LogP contribution in [0.5, 0.6) is 5.75 Å². The van der Waals surface area contributed by atoms with Gasteiger partial charge >= 0.3 is 0 Å². The number of carbonyl (C=O) groups is 1. The fourth-order valence-electron chi connectivity index (χ4n) is 1.15. The van der Waals surface area contributed by atoms with Crippen molar-refractivity contribution in [1.29, 1.82) is 0 Å². The Morgan fingerprint density at radius 3 is 2.71 bits per heavy atom. The van der Waals surface area contributed by atoms with E-state index in [9.17, 15) is 4.79 Å². The molecular weight excluding hydrogens is 240 g/mol. The summed E-state index contributed by atoms with van der Waals surface area (Å²) in [5.74, 6) is 0.464. The summed E-state index contributed by atoms with van der Waals surface area (Å²) >= 11 is 0. The van der Waals surface area contributed by atoms with Crippen LogP contribution >= 0.6 is 12.4 Å². The first-order valence-electron chi connectivity index (χ1n) is 5.43. The van der Waals surface area contributed by atoms with Gasteiger partial charge in [-0.05, 0) is 25.5 Å². The molecule has 1 rings (SSSR count). The van der Waals surface area contributed by atoms with Crippen molar-refractivity contribution in [3.8, 4) is 5.75 Å². The topological polar surface area (TPSA) is 64.3 Å². The zero-order valence-electron chi connectivity index (χ0n) is 10.1. The predicted octanol–water partition coefficient (Wildman–Crippen LogP) is 2.18. The van der Waals surface area contributed by atoms with Gasteiger partial charge < -0.3 is 15.8 Å². The number of ether oxygens (including phenoxy) is 1. The molecule has 4 nitrogen and oxygen atoms in total. The largest absolute Gasteiger partial charge is 0.491 e. The quantitative estimate of drug-likeness (QED) is 0.851. The Morgan fingerprint density at radius 1 is 1.47 bits per heavy atom. The van der Waals surface area contributed by atoms with Crippen molar-refractivity contribution >= 4 is 24.0 Å². The second kappa shape index (κ2) is 7.92. The first-order chi connectivity index (χ1) is 7.65. The molecule has 0 radical (unpaired) electrons. The van der Waals surface area contributed by atoms with Gasteiger partial charge in [-0.25, -0.2) is 0 Å². The Morgan fingerprint density at radius 2 is 2.12 bits per heavy atom. The lowest BCUT2D eigenvalue weighted by atomic mass is 10.2.